The molecule has 28 heavy (non-hydrogen) atoms. The molecule has 0 bridgehead atoms. The molecule has 3 unspecified atom stereocenters. The van der Waals surface area contributed by atoms with Gasteiger partial charge in [-0.25, -0.2) is 12.7 Å². The number of rotatable bonds is 5. The Labute approximate surface area is 169 Å². The highest BCUT2D eigenvalue weighted by atomic mass is 32.2. The smallest absolute Gasteiger partial charge is 0.230 e. The van der Waals surface area contributed by atoms with Crippen molar-refractivity contribution in [2.24, 2.45) is 11.8 Å². The van der Waals surface area contributed by atoms with Gasteiger partial charge >= 0.3 is 0 Å². The molecule has 6 heteroatoms. The molecule has 156 valence electrons. The summed E-state index contributed by atoms with van der Waals surface area (Å²) in [6.07, 6.45) is 4.45. The van der Waals surface area contributed by atoms with E-state index >= 15 is 0 Å². The van der Waals surface area contributed by atoms with Crippen molar-refractivity contribution in [3.63, 3.8) is 0 Å². The summed E-state index contributed by atoms with van der Waals surface area (Å²) in [5.74, 6) is 1.25. The quantitative estimate of drug-likeness (QED) is 0.816. The number of carbonyl (C=O) groups is 1. The molecule has 1 heterocycles. The van der Waals surface area contributed by atoms with Crippen molar-refractivity contribution in [1.82, 2.24) is 9.62 Å². The van der Waals surface area contributed by atoms with Gasteiger partial charge in [-0.2, -0.15) is 0 Å². The molecule has 1 aliphatic carbocycles. The summed E-state index contributed by atoms with van der Waals surface area (Å²) in [5, 5.41) is 3.37. The van der Waals surface area contributed by atoms with E-state index in [0.29, 0.717) is 37.8 Å². The number of nitrogens with one attached hydrogen (secondary N) is 1. The summed E-state index contributed by atoms with van der Waals surface area (Å²) in [5.41, 5.74) is 0.346. The maximum absolute atomic E-state index is 13.6. The number of nitrogens with zero attached hydrogens (tertiary/aromatic N) is 1. The fourth-order valence-corrected chi connectivity index (χ4v) is 5.93. The van der Waals surface area contributed by atoms with E-state index in [9.17, 15) is 13.2 Å². The fraction of sp³-hybridized carbons (Fsp3) is 0.682. The Morgan fingerprint density at radius 2 is 1.79 bits per heavy atom. The highest BCUT2D eigenvalue weighted by Gasteiger charge is 2.45. The molecule has 1 aliphatic heterocycles. The molecule has 5 nitrogen and oxygen atoms in total. The number of sulfonamides is 1. The van der Waals surface area contributed by atoms with Crippen LogP contribution in [-0.2, 0) is 20.2 Å². The van der Waals surface area contributed by atoms with Gasteiger partial charge in [0.05, 0.1) is 11.2 Å². The van der Waals surface area contributed by atoms with Crippen molar-refractivity contribution < 1.29 is 13.2 Å². The Hall–Kier alpha value is -1.40. The van der Waals surface area contributed by atoms with Gasteiger partial charge in [-0.05, 0) is 43.6 Å². The topological polar surface area (TPSA) is 66.5 Å². The van der Waals surface area contributed by atoms with Crippen molar-refractivity contribution in [1.29, 1.82) is 0 Å². The third-order valence-electron chi connectivity index (χ3n) is 7.12. The van der Waals surface area contributed by atoms with E-state index < -0.39 is 15.4 Å². The zero-order valence-electron chi connectivity index (χ0n) is 17.4. The van der Waals surface area contributed by atoms with E-state index in [1.165, 1.54) is 6.42 Å². The minimum absolute atomic E-state index is 0.0678. The highest BCUT2D eigenvalue weighted by molar-refractivity contribution is 7.89. The van der Waals surface area contributed by atoms with Crippen molar-refractivity contribution in [3.05, 3.63) is 35.9 Å². The van der Waals surface area contributed by atoms with E-state index in [2.05, 4.69) is 19.2 Å². The number of carbonyl (C=O) groups excluding carboxylic acids is 1. The van der Waals surface area contributed by atoms with Gasteiger partial charge in [-0.3, -0.25) is 4.79 Å². The van der Waals surface area contributed by atoms with Crippen molar-refractivity contribution in [2.75, 3.05) is 18.8 Å². The Kier molecular flexibility index (Phi) is 6.50. The molecule has 3 atom stereocenters. The zero-order valence-corrected chi connectivity index (χ0v) is 18.2. The molecule has 0 aromatic heterocycles. The lowest BCUT2D eigenvalue weighted by molar-refractivity contribution is -0.129. The summed E-state index contributed by atoms with van der Waals surface area (Å²) in [6, 6.07) is 10.1. The first kappa shape index (κ1) is 21.3. The minimum atomic E-state index is -3.22. The van der Waals surface area contributed by atoms with Crippen molar-refractivity contribution >= 4 is 15.9 Å². The van der Waals surface area contributed by atoms with E-state index in [1.54, 1.807) is 11.2 Å². The first-order valence-corrected chi connectivity index (χ1v) is 12.3. The van der Waals surface area contributed by atoms with Crippen LogP contribution >= 0.6 is 0 Å². The first-order valence-electron chi connectivity index (χ1n) is 10.6. The Morgan fingerprint density at radius 3 is 2.39 bits per heavy atom. The van der Waals surface area contributed by atoms with Crippen LogP contribution < -0.4 is 5.32 Å². The van der Waals surface area contributed by atoms with E-state index in [0.717, 1.165) is 18.4 Å². The molecule has 1 amide bonds. The Bertz CT molecular complexity index is 770. The molecule has 1 aromatic carbocycles. The average Bonchev–Trinajstić information content (AvgIpc) is 2.72. The molecule has 0 radical (unpaired) electrons. The van der Waals surface area contributed by atoms with E-state index in [1.807, 2.05) is 30.3 Å². The van der Waals surface area contributed by atoms with Crippen LogP contribution in [0.4, 0.5) is 0 Å². The zero-order chi connectivity index (χ0) is 20.4. The summed E-state index contributed by atoms with van der Waals surface area (Å²) in [4.78, 5) is 13.6. The maximum Gasteiger partial charge on any atom is 0.230 e. The normalized spacial score (nSPS) is 28.6. The van der Waals surface area contributed by atoms with Crippen LogP contribution in [0, 0.1) is 11.8 Å². The standard InChI is InChI=1S/C22H34N2O3S/c1-4-28(26,27)24-15-13-22(14-16-24,19-10-6-5-7-11-19)21(25)23-20-12-8-9-17(2)18(20)3/h5-7,10-11,17-18,20H,4,8-9,12-16H2,1-3H3,(H,23,25). The molecule has 1 aromatic rings. The fourth-order valence-electron chi connectivity index (χ4n) is 4.82. The molecule has 1 saturated carbocycles. The number of hydrogen-bond donors (Lipinski definition) is 1. The lowest BCUT2D eigenvalue weighted by atomic mass is 9.71. The third-order valence-corrected chi connectivity index (χ3v) is 9.00. The van der Waals surface area contributed by atoms with Crippen LogP contribution in [0.3, 0.4) is 0 Å². The molecular formula is C22H34N2O3S. The highest BCUT2D eigenvalue weighted by Crippen LogP contribution is 2.38. The summed E-state index contributed by atoms with van der Waals surface area (Å²) in [6.45, 7) is 6.97. The molecule has 3 rings (SSSR count). The van der Waals surface area contributed by atoms with Crippen LogP contribution in [0.2, 0.25) is 0 Å². The molecule has 1 N–H and O–H groups in total. The van der Waals surface area contributed by atoms with Gasteiger partial charge in [0.2, 0.25) is 15.9 Å². The molecule has 1 saturated heterocycles. The molecule has 0 spiro atoms. The second-order valence-electron chi connectivity index (χ2n) is 8.59. The van der Waals surface area contributed by atoms with Crippen molar-refractivity contribution in [2.45, 2.75) is 64.3 Å². The summed E-state index contributed by atoms with van der Waals surface area (Å²) < 4.78 is 26.1. The third kappa shape index (κ3) is 4.13. The lowest BCUT2D eigenvalue weighted by Crippen LogP contribution is -2.56. The molecule has 2 aliphatic rings. The van der Waals surface area contributed by atoms with E-state index in [-0.39, 0.29) is 17.7 Å². The predicted molar refractivity (Wildman–Crippen MR) is 112 cm³/mol. The van der Waals surface area contributed by atoms with Crippen LogP contribution in [0.5, 0.6) is 0 Å². The van der Waals surface area contributed by atoms with Crippen LogP contribution in [0.1, 0.15) is 58.4 Å². The van der Waals surface area contributed by atoms with Gasteiger partial charge in [0.15, 0.2) is 0 Å². The summed E-state index contributed by atoms with van der Waals surface area (Å²) in [7, 11) is -3.22. The Morgan fingerprint density at radius 1 is 1.14 bits per heavy atom. The van der Waals surface area contributed by atoms with Crippen LogP contribution in [0.25, 0.3) is 0 Å². The van der Waals surface area contributed by atoms with Gasteiger partial charge in [-0.15, -0.1) is 0 Å². The van der Waals surface area contributed by atoms with Crippen molar-refractivity contribution in [3.8, 4) is 0 Å². The summed E-state index contributed by atoms with van der Waals surface area (Å²) >= 11 is 0. The predicted octanol–water partition coefficient (Wildman–Crippen LogP) is 3.31. The van der Waals surface area contributed by atoms with Gasteiger partial charge in [0.1, 0.15) is 0 Å². The van der Waals surface area contributed by atoms with Crippen LogP contribution in [0.15, 0.2) is 30.3 Å². The number of piperidine rings is 1. The number of hydrogen-bond acceptors (Lipinski definition) is 3. The maximum atomic E-state index is 13.6. The lowest BCUT2D eigenvalue weighted by Gasteiger charge is -2.43. The second kappa shape index (κ2) is 8.54. The SMILES string of the molecule is CCS(=O)(=O)N1CCC(C(=O)NC2CCCC(C)C2C)(c2ccccc2)CC1. The monoisotopic (exact) mass is 406 g/mol. The molecular weight excluding hydrogens is 372 g/mol. The van der Waals surface area contributed by atoms with E-state index in [4.69, 9.17) is 0 Å². The molecule has 2 fully saturated rings. The van der Waals surface area contributed by atoms with Gasteiger partial charge in [0, 0.05) is 19.1 Å². The average molecular weight is 407 g/mol. The second-order valence-corrected chi connectivity index (χ2v) is 10.9. The minimum Gasteiger partial charge on any atom is -0.352 e. The van der Waals surface area contributed by atoms with Gasteiger partial charge < -0.3 is 5.32 Å². The Balaban J connectivity index is 1.84. The largest absolute Gasteiger partial charge is 0.352 e. The number of benzene rings is 1. The van der Waals surface area contributed by atoms with Gasteiger partial charge in [0.25, 0.3) is 0 Å². The number of amides is 1. The van der Waals surface area contributed by atoms with Gasteiger partial charge in [-0.1, -0.05) is 57.0 Å². The van der Waals surface area contributed by atoms with Crippen LogP contribution in [-0.4, -0.2) is 43.5 Å². The first-order chi connectivity index (χ1) is 13.3.